The molecule has 2 aromatic rings. The molecule has 0 aliphatic carbocycles. The number of nitrogens with zero attached hydrogens (tertiary/aromatic N) is 1. The van der Waals surface area contributed by atoms with E-state index in [1.54, 1.807) is 0 Å². The van der Waals surface area contributed by atoms with Crippen LogP contribution in [-0.2, 0) is 33.0 Å². The van der Waals surface area contributed by atoms with Crippen LogP contribution in [0.5, 0.6) is 0 Å². The number of primary sulfonamides is 1. The van der Waals surface area contributed by atoms with Crippen molar-refractivity contribution in [2.45, 2.75) is 29.1 Å². The zero-order valence-corrected chi connectivity index (χ0v) is 13.5. The number of sulfonamides is 2. The summed E-state index contributed by atoms with van der Waals surface area (Å²) in [5.41, 5.74) is 0. The summed E-state index contributed by atoms with van der Waals surface area (Å²) in [6.07, 6.45) is 1.84. The Bertz CT molecular complexity index is 835. The van der Waals surface area contributed by atoms with E-state index in [0.717, 1.165) is 11.3 Å². The van der Waals surface area contributed by atoms with E-state index in [0.29, 0.717) is 17.1 Å². The first kappa shape index (κ1) is 16.1. The fraction of sp³-hybridized carbons (Fsp3) is 0.300. The average Bonchev–Trinajstić information content (AvgIpc) is 3.05. The van der Waals surface area contributed by atoms with Crippen LogP contribution in [-0.4, -0.2) is 26.8 Å². The molecule has 116 valence electrons. The molecule has 11 heteroatoms. The number of aromatic nitrogens is 2. The second-order valence-electron chi connectivity index (χ2n) is 4.14. The van der Waals surface area contributed by atoms with Crippen molar-refractivity contribution < 1.29 is 16.8 Å². The molecule has 4 N–H and O–H groups in total. The number of hydrogen-bond donors (Lipinski definition) is 3. The fourth-order valence-corrected chi connectivity index (χ4v) is 4.26. The standard InChI is InChI=1S/C10H14N4O4S3/c1-2-8-12-6-9(14-8)21(17,18)13-5-7-3-4-10(19-7)20(11,15)16/h3-4,6,13H,2,5H2,1H3,(H,12,14)(H2,11,15,16). The summed E-state index contributed by atoms with van der Waals surface area (Å²) in [7, 11) is -7.48. The molecule has 0 fully saturated rings. The second-order valence-corrected chi connectivity index (χ2v) is 8.83. The molecule has 2 aromatic heterocycles. The van der Waals surface area contributed by atoms with Crippen molar-refractivity contribution in [1.82, 2.24) is 14.7 Å². The molecule has 0 aliphatic rings. The maximum Gasteiger partial charge on any atom is 0.257 e. The van der Waals surface area contributed by atoms with Crippen molar-refractivity contribution in [3.8, 4) is 0 Å². The molecule has 0 radical (unpaired) electrons. The maximum atomic E-state index is 12.0. The van der Waals surface area contributed by atoms with Gasteiger partial charge in [0.15, 0.2) is 5.03 Å². The van der Waals surface area contributed by atoms with Gasteiger partial charge < -0.3 is 4.98 Å². The Balaban J connectivity index is 2.10. The Morgan fingerprint density at radius 2 is 2.05 bits per heavy atom. The minimum atomic E-state index is -3.76. The number of aromatic amines is 1. The van der Waals surface area contributed by atoms with Gasteiger partial charge in [0.05, 0.1) is 6.20 Å². The molecule has 0 aromatic carbocycles. The van der Waals surface area contributed by atoms with Crippen LogP contribution in [0.15, 0.2) is 27.6 Å². The molecule has 0 amide bonds. The second kappa shape index (κ2) is 5.85. The third kappa shape index (κ3) is 3.89. The molecular weight excluding hydrogens is 336 g/mol. The molecule has 2 rings (SSSR count). The highest BCUT2D eigenvalue weighted by Crippen LogP contribution is 2.20. The van der Waals surface area contributed by atoms with Crippen LogP contribution in [0, 0.1) is 0 Å². The van der Waals surface area contributed by atoms with Crippen molar-refractivity contribution in [2.75, 3.05) is 0 Å². The predicted molar refractivity (Wildman–Crippen MR) is 77.7 cm³/mol. The average molecular weight is 350 g/mol. The maximum absolute atomic E-state index is 12.0. The molecule has 0 atom stereocenters. The first-order valence-electron chi connectivity index (χ1n) is 5.87. The number of aryl methyl sites for hydroxylation is 1. The summed E-state index contributed by atoms with van der Waals surface area (Å²) in [5, 5.41) is 4.97. The number of hydrogen-bond acceptors (Lipinski definition) is 6. The summed E-state index contributed by atoms with van der Waals surface area (Å²) >= 11 is 0.920. The molecule has 8 nitrogen and oxygen atoms in total. The summed E-state index contributed by atoms with van der Waals surface area (Å²) in [6.45, 7) is 1.83. The number of H-pyrrole nitrogens is 1. The topological polar surface area (TPSA) is 135 Å². The lowest BCUT2D eigenvalue weighted by molar-refractivity contribution is 0.578. The molecule has 21 heavy (non-hydrogen) atoms. The van der Waals surface area contributed by atoms with Gasteiger partial charge >= 0.3 is 0 Å². The van der Waals surface area contributed by atoms with E-state index in [4.69, 9.17) is 5.14 Å². The lowest BCUT2D eigenvalue weighted by atomic mass is 10.5. The largest absolute Gasteiger partial charge is 0.332 e. The lowest BCUT2D eigenvalue weighted by Gasteiger charge is -2.02. The Hall–Kier alpha value is -1.27. The van der Waals surface area contributed by atoms with Crippen molar-refractivity contribution >= 4 is 31.4 Å². The van der Waals surface area contributed by atoms with E-state index >= 15 is 0 Å². The van der Waals surface area contributed by atoms with Crippen LogP contribution in [0.25, 0.3) is 0 Å². The number of nitrogens with two attached hydrogens (primary N) is 1. The summed E-state index contributed by atoms with van der Waals surface area (Å²) in [5.74, 6) is 0.572. The van der Waals surface area contributed by atoms with Gasteiger partial charge in [-0.2, -0.15) is 0 Å². The van der Waals surface area contributed by atoms with Gasteiger partial charge in [0.25, 0.3) is 10.0 Å². The van der Waals surface area contributed by atoms with Crippen LogP contribution < -0.4 is 9.86 Å². The zero-order valence-electron chi connectivity index (χ0n) is 11.0. The highest BCUT2D eigenvalue weighted by molar-refractivity contribution is 7.91. The normalized spacial score (nSPS) is 12.7. The van der Waals surface area contributed by atoms with Gasteiger partial charge in [-0.1, -0.05) is 6.92 Å². The van der Waals surface area contributed by atoms with E-state index < -0.39 is 20.0 Å². The highest BCUT2D eigenvalue weighted by Gasteiger charge is 2.18. The Morgan fingerprint density at radius 3 is 2.57 bits per heavy atom. The van der Waals surface area contributed by atoms with E-state index in [9.17, 15) is 16.8 Å². The molecule has 0 saturated heterocycles. The summed E-state index contributed by atoms with van der Waals surface area (Å²) in [4.78, 5) is 7.16. The minimum Gasteiger partial charge on any atom is -0.332 e. The number of rotatable bonds is 6. The SMILES string of the molecule is CCc1ncc(S(=O)(=O)NCc2ccc(S(N)(=O)=O)s2)[nH]1. The van der Waals surface area contributed by atoms with Crippen molar-refractivity contribution in [1.29, 1.82) is 0 Å². The third-order valence-corrected chi connectivity index (χ3v) is 6.42. The Kier molecular flexibility index (Phi) is 4.49. The molecule has 0 unspecified atom stereocenters. The van der Waals surface area contributed by atoms with Crippen molar-refractivity contribution in [3.05, 3.63) is 29.0 Å². The van der Waals surface area contributed by atoms with Crippen LogP contribution in [0.1, 0.15) is 17.6 Å². The molecule has 2 heterocycles. The first-order valence-corrected chi connectivity index (χ1v) is 9.72. The molecule has 0 bridgehead atoms. The van der Waals surface area contributed by atoms with Crippen molar-refractivity contribution in [3.63, 3.8) is 0 Å². The van der Waals surface area contributed by atoms with Crippen LogP contribution in [0.3, 0.4) is 0 Å². The lowest BCUT2D eigenvalue weighted by Crippen LogP contribution is -2.23. The van der Waals surface area contributed by atoms with E-state index in [1.165, 1.54) is 18.3 Å². The van der Waals surface area contributed by atoms with Crippen LogP contribution in [0.4, 0.5) is 0 Å². The molecular formula is C10H14N4O4S3. The van der Waals surface area contributed by atoms with Gasteiger partial charge in [0.2, 0.25) is 10.0 Å². The van der Waals surface area contributed by atoms with Gasteiger partial charge in [0.1, 0.15) is 10.0 Å². The van der Waals surface area contributed by atoms with E-state index in [1.807, 2.05) is 6.92 Å². The van der Waals surface area contributed by atoms with Gasteiger partial charge in [-0.05, 0) is 12.1 Å². The highest BCUT2D eigenvalue weighted by atomic mass is 32.2. The van der Waals surface area contributed by atoms with Gasteiger partial charge in [0, 0.05) is 17.8 Å². The first-order chi connectivity index (χ1) is 9.72. The fourth-order valence-electron chi connectivity index (χ4n) is 1.51. The summed E-state index contributed by atoms with van der Waals surface area (Å²) in [6, 6.07) is 2.85. The predicted octanol–water partition coefficient (Wildman–Crippen LogP) is 0.160. The minimum absolute atomic E-state index is 0.00786. The van der Waals surface area contributed by atoms with Gasteiger partial charge in [-0.25, -0.2) is 31.7 Å². The summed E-state index contributed by atoms with van der Waals surface area (Å²) < 4.78 is 48.7. The molecule has 0 spiro atoms. The quantitative estimate of drug-likeness (QED) is 0.682. The van der Waals surface area contributed by atoms with Gasteiger partial charge in [-0.15, -0.1) is 11.3 Å². The molecule has 0 saturated carbocycles. The number of nitrogens with one attached hydrogen (secondary N) is 2. The zero-order chi connectivity index (χ0) is 15.7. The smallest absolute Gasteiger partial charge is 0.257 e. The number of imidazole rings is 1. The monoisotopic (exact) mass is 350 g/mol. The molecule has 0 aliphatic heterocycles. The van der Waals surface area contributed by atoms with Gasteiger partial charge in [-0.3, -0.25) is 0 Å². The van der Waals surface area contributed by atoms with E-state index in [2.05, 4.69) is 14.7 Å². The number of thiophene rings is 1. The Labute approximate surface area is 126 Å². The van der Waals surface area contributed by atoms with Crippen molar-refractivity contribution in [2.24, 2.45) is 5.14 Å². The Morgan fingerprint density at radius 1 is 1.33 bits per heavy atom. The van der Waals surface area contributed by atoms with Crippen LogP contribution in [0.2, 0.25) is 0 Å². The third-order valence-electron chi connectivity index (χ3n) is 2.58. The van der Waals surface area contributed by atoms with E-state index in [-0.39, 0.29) is 15.8 Å². The van der Waals surface area contributed by atoms with Crippen LogP contribution >= 0.6 is 11.3 Å².